The van der Waals surface area contributed by atoms with Crippen molar-refractivity contribution in [3.8, 4) is 0 Å². The van der Waals surface area contributed by atoms with Gasteiger partial charge in [-0.15, -0.1) is 0 Å². The van der Waals surface area contributed by atoms with Gasteiger partial charge in [0.2, 0.25) is 5.91 Å². The van der Waals surface area contributed by atoms with E-state index in [0.717, 1.165) is 63.5 Å². The van der Waals surface area contributed by atoms with E-state index in [1.165, 1.54) is 12.8 Å². The standard InChI is InChI=1S/C19H28N4O2/c24-19-17(5-10-23(19)16-6-11-25-12-7-16)20-13-15-3-4-18(21-14-15)22-8-1-2-9-22/h3-4,14,16-17,20H,1-2,5-13H2. The van der Waals surface area contributed by atoms with Gasteiger partial charge in [0, 0.05) is 51.6 Å². The topological polar surface area (TPSA) is 57.7 Å². The molecular weight excluding hydrogens is 316 g/mol. The molecule has 1 N–H and O–H groups in total. The molecule has 4 heterocycles. The summed E-state index contributed by atoms with van der Waals surface area (Å²) in [4.78, 5) is 21.6. The van der Waals surface area contributed by atoms with Crippen molar-refractivity contribution in [3.05, 3.63) is 23.9 Å². The minimum atomic E-state index is -0.0545. The van der Waals surface area contributed by atoms with E-state index < -0.39 is 0 Å². The monoisotopic (exact) mass is 344 g/mol. The Morgan fingerprint density at radius 2 is 1.92 bits per heavy atom. The van der Waals surface area contributed by atoms with Crippen molar-refractivity contribution in [1.29, 1.82) is 0 Å². The fourth-order valence-corrected chi connectivity index (χ4v) is 4.15. The van der Waals surface area contributed by atoms with E-state index in [1.54, 1.807) is 0 Å². The van der Waals surface area contributed by atoms with E-state index in [2.05, 4.69) is 32.2 Å². The summed E-state index contributed by atoms with van der Waals surface area (Å²) in [5, 5.41) is 3.43. The Morgan fingerprint density at radius 1 is 1.12 bits per heavy atom. The number of rotatable bonds is 5. The normalized spacial score (nSPS) is 25.1. The Morgan fingerprint density at radius 3 is 2.64 bits per heavy atom. The second-order valence-corrected chi connectivity index (χ2v) is 7.32. The summed E-state index contributed by atoms with van der Waals surface area (Å²) in [6, 6.07) is 4.55. The number of pyridine rings is 1. The molecule has 6 heteroatoms. The van der Waals surface area contributed by atoms with Crippen LogP contribution in [0.1, 0.15) is 37.7 Å². The molecule has 3 aliphatic rings. The molecule has 1 unspecified atom stereocenters. The Kier molecular flexibility index (Phi) is 5.17. The molecule has 0 aliphatic carbocycles. The molecule has 3 aliphatic heterocycles. The van der Waals surface area contributed by atoms with Gasteiger partial charge in [0.1, 0.15) is 5.82 Å². The minimum absolute atomic E-state index is 0.0545. The number of amides is 1. The molecule has 3 saturated heterocycles. The van der Waals surface area contributed by atoms with Crippen molar-refractivity contribution in [2.24, 2.45) is 0 Å². The van der Waals surface area contributed by atoms with Crippen LogP contribution in [0, 0.1) is 0 Å². The second-order valence-electron chi connectivity index (χ2n) is 7.32. The average Bonchev–Trinajstić information content (AvgIpc) is 3.31. The minimum Gasteiger partial charge on any atom is -0.381 e. The number of hydrogen-bond acceptors (Lipinski definition) is 5. The van der Waals surface area contributed by atoms with E-state index in [9.17, 15) is 4.79 Å². The van der Waals surface area contributed by atoms with E-state index in [-0.39, 0.29) is 11.9 Å². The predicted octanol–water partition coefficient (Wildman–Crippen LogP) is 1.55. The number of aromatic nitrogens is 1. The maximum absolute atomic E-state index is 12.7. The van der Waals surface area contributed by atoms with Gasteiger partial charge in [-0.2, -0.15) is 0 Å². The maximum Gasteiger partial charge on any atom is 0.240 e. The first kappa shape index (κ1) is 16.8. The van der Waals surface area contributed by atoms with Crippen molar-refractivity contribution >= 4 is 11.7 Å². The first-order valence-electron chi connectivity index (χ1n) is 9.63. The predicted molar refractivity (Wildman–Crippen MR) is 96.5 cm³/mol. The molecule has 0 spiro atoms. The zero-order valence-corrected chi connectivity index (χ0v) is 14.8. The van der Waals surface area contributed by atoms with Crippen molar-refractivity contribution in [2.45, 2.75) is 50.7 Å². The van der Waals surface area contributed by atoms with Crippen LogP contribution in [0.4, 0.5) is 5.82 Å². The van der Waals surface area contributed by atoms with Crippen LogP contribution in [0.15, 0.2) is 18.3 Å². The number of carbonyl (C=O) groups excluding carboxylic acids is 1. The lowest BCUT2D eigenvalue weighted by Crippen LogP contribution is -2.44. The van der Waals surface area contributed by atoms with E-state index >= 15 is 0 Å². The van der Waals surface area contributed by atoms with Crippen LogP contribution in [0.3, 0.4) is 0 Å². The summed E-state index contributed by atoms with van der Waals surface area (Å²) in [5.41, 5.74) is 1.14. The van der Waals surface area contributed by atoms with Crippen LogP contribution in [0.25, 0.3) is 0 Å². The molecule has 1 atom stereocenters. The quantitative estimate of drug-likeness (QED) is 0.878. The van der Waals surface area contributed by atoms with Crippen molar-refractivity contribution in [1.82, 2.24) is 15.2 Å². The van der Waals surface area contributed by atoms with Crippen LogP contribution in [-0.4, -0.2) is 60.7 Å². The Balaban J connectivity index is 1.28. The summed E-state index contributed by atoms with van der Waals surface area (Å²) in [6.45, 7) is 5.36. The lowest BCUT2D eigenvalue weighted by atomic mass is 10.1. The first-order chi connectivity index (χ1) is 12.3. The lowest BCUT2D eigenvalue weighted by Gasteiger charge is -2.31. The number of hydrogen-bond donors (Lipinski definition) is 1. The summed E-state index contributed by atoms with van der Waals surface area (Å²) in [6.07, 6.45) is 7.31. The highest BCUT2D eigenvalue weighted by molar-refractivity contribution is 5.84. The van der Waals surface area contributed by atoms with E-state index in [1.807, 2.05) is 6.20 Å². The van der Waals surface area contributed by atoms with Gasteiger partial charge in [-0.3, -0.25) is 4.79 Å². The highest BCUT2D eigenvalue weighted by Gasteiger charge is 2.36. The fourth-order valence-electron chi connectivity index (χ4n) is 4.15. The van der Waals surface area contributed by atoms with Crippen molar-refractivity contribution in [2.75, 3.05) is 37.7 Å². The van der Waals surface area contributed by atoms with Gasteiger partial charge in [0.15, 0.2) is 0 Å². The molecule has 4 rings (SSSR count). The van der Waals surface area contributed by atoms with Gasteiger partial charge in [-0.25, -0.2) is 4.98 Å². The molecular formula is C19H28N4O2. The number of nitrogens with one attached hydrogen (secondary N) is 1. The van der Waals surface area contributed by atoms with Gasteiger partial charge in [0.05, 0.1) is 6.04 Å². The molecule has 3 fully saturated rings. The van der Waals surface area contributed by atoms with Gasteiger partial charge < -0.3 is 19.9 Å². The number of carbonyl (C=O) groups is 1. The van der Waals surface area contributed by atoms with Gasteiger partial charge >= 0.3 is 0 Å². The Hall–Kier alpha value is -1.66. The molecule has 1 amide bonds. The SMILES string of the molecule is O=C1C(NCc2ccc(N3CCCC3)nc2)CCN1C1CCOCC1. The van der Waals surface area contributed by atoms with Crippen LogP contribution >= 0.6 is 0 Å². The molecule has 1 aromatic rings. The summed E-state index contributed by atoms with van der Waals surface area (Å²) < 4.78 is 5.41. The second kappa shape index (κ2) is 7.70. The van der Waals surface area contributed by atoms with Crippen LogP contribution in [0.5, 0.6) is 0 Å². The summed E-state index contributed by atoms with van der Waals surface area (Å²) in [5.74, 6) is 1.33. The zero-order chi connectivity index (χ0) is 17.1. The number of likely N-dealkylation sites (tertiary alicyclic amines) is 1. The number of nitrogens with zero attached hydrogens (tertiary/aromatic N) is 3. The molecule has 0 aromatic carbocycles. The molecule has 25 heavy (non-hydrogen) atoms. The number of anilines is 1. The molecule has 0 radical (unpaired) electrons. The first-order valence-corrected chi connectivity index (χ1v) is 9.63. The van der Waals surface area contributed by atoms with E-state index in [4.69, 9.17) is 4.74 Å². The van der Waals surface area contributed by atoms with Crippen molar-refractivity contribution in [3.63, 3.8) is 0 Å². The third-order valence-electron chi connectivity index (χ3n) is 5.66. The van der Waals surface area contributed by atoms with Gasteiger partial charge in [-0.1, -0.05) is 6.07 Å². The highest BCUT2D eigenvalue weighted by Crippen LogP contribution is 2.22. The molecule has 1 aromatic heterocycles. The zero-order valence-electron chi connectivity index (χ0n) is 14.8. The molecule has 136 valence electrons. The van der Waals surface area contributed by atoms with Gasteiger partial charge in [-0.05, 0) is 43.7 Å². The molecule has 0 saturated carbocycles. The van der Waals surface area contributed by atoms with E-state index in [0.29, 0.717) is 12.6 Å². The maximum atomic E-state index is 12.7. The Labute approximate surface area is 149 Å². The summed E-state index contributed by atoms with van der Waals surface area (Å²) >= 11 is 0. The third-order valence-corrected chi connectivity index (χ3v) is 5.66. The van der Waals surface area contributed by atoms with Crippen LogP contribution < -0.4 is 10.2 Å². The lowest BCUT2D eigenvalue weighted by molar-refractivity contribution is -0.133. The molecule has 0 bridgehead atoms. The molecule has 6 nitrogen and oxygen atoms in total. The van der Waals surface area contributed by atoms with Crippen LogP contribution in [-0.2, 0) is 16.1 Å². The van der Waals surface area contributed by atoms with Gasteiger partial charge in [0.25, 0.3) is 0 Å². The fraction of sp³-hybridized carbons (Fsp3) is 0.684. The van der Waals surface area contributed by atoms with Crippen molar-refractivity contribution < 1.29 is 9.53 Å². The number of ether oxygens (including phenoxy) is 1. The summed E-state index contributed by atoms with van der Waals surface area (Å²) in [7, 11) is 0. The highest BCUT2D eigenvalue weighted by atomic mass is 16.5. The average molecular weight is 344 g/mol. The third kappa shape index (κ3) is 3.80. The van der Waals surface area contributed by atoms with Crippen LogP contribution in [0.2, 0.25) is 0 Å². The smallest absolute Gasteiger partial charge is 0.240 e. The Bertz CT molecular complexity index is 580. The largest absolute Gasteiger partial charge is 0.381 e.